The van der Waals surface area contributed by atoms with Gasteiger partial charge in [0.2, 0.25) is 0 Å². The molecule has 23 heteroatoms. The summed E-state index contributed by atoms with van der Waals surface area (Å²) in [6.07, 6.45) is 9.58. The van der Waals surface area contributed by atoms with Crippen LogP contribution in [-0.2, 0) is 56.8 Å². The SMILES string of the molecule is [CH2-]OCC(O)COCCCCCCCCOCC(O)CO[CH2-].[CH2-]OCC(O)COCCCCCCCCOCC(O)CO[CH2-].[CH2-]OCC(O)COCCO.[CH2-]OCC(O)COCCO.[Rf].[Rf].[Rf]. The van der Waals surface area contributed by atoms with Crippen molar-refractivity contribution in [2.75, 3.05) is 132 Å². The maximum absolute atomic E-state index is 9.33. The van der Waals surface area contributed by atoms with Gasteiger partial charge in [0.05, 0.1) is 103 Å². The molecule has 6 unspecified atom stereocenters. The van der Waals surface area contributed by atoms with E-state index in [0.29, 0.717) is 52.9 Å². The molecule has 0 aromatic carbocycles. The second-order valence-corrected chi connectivity index (χ2v) is 14.3. The molecule has 6 atom stereocenters. The molecule has 0 saturated heterocycles. The molecule has 0 aliphatic rings. The molecule has 0 amide bonds. The zero-order valence-corrected chi connectivity index (χ0v) is 60.1. The van der Waals surface area contributed by atoms with Gasteiger partial charge in [-0.05, 0) is 25.7 Å². The Balaban J connectivity index is -0.000000150. The van der Waals surface area contributed by atoms with Crippen molar-refractivity contribution >= 4 is 0 Å². The van der Waals surface area contributed by atoms with Gasteiger partial charge in [-0.3, -0.25) is 0 Å². The van der Waals surface area contributed by atoms with Crippen molar-refractivity contribution in [1.29, 1.82) is 0 Å². The molecule has 0 spiro atoms. The Labute approximate surface area is 385 Å². The average Bonchev–Trinajstić information content (AvgIpc) is 3.26. The molecule has 0 aromatic heterocycles. The Bertz CT molecular complexity index is 707. The molecular formula is C44H90O20Rf3-6. The van der Waals surface area contributed by atoms with Crippen LogP contribution in [0.4, 0.5) is 0 Å². The number of aliphatic hydroxyl groups is 8. The largest absolute Gasteiger partial charge is 0.553 e. The minimum absolute atomic E-state index is 0. The number of hydrogen-bond acceptors (Lipinski definition) is 20. The quantitative estimate of drug-likeness (QED) is 0.0319. The van der Waals surface area contributed by atoms with Crippen LogP contribution in [0.1, 0.15) is 77.0 Å². The fraction of sp³-hybridized carbons (Fsp3) is 0.864. The molecule has 0 aliphatic heterocycles. The summed E-state index contributed by atoms with van der Waals surface area (Å²) in [6.45, 7) is 5.83. The summed E-state index contributed by atoms with van der Waals surface area (Å²) < 4.78 is 58.0. The fourth-order valence-corrected chi connectivity index (χ4v) is 4.78. The third kappa shape index (κ3) is 76.7. The maximum Gasteiger partial charge on any atom is 0.0976 e. The van der Waals surface area contributed by atoms with Gasteiger partial charge in [0.25, 0.3) is 0 Å². The van der Waals surface area contributed by atoms with Gasteiger partial charge in [-0.2, -0.15) is 0 Å². The van der Waals surface area contributed by atoms with Crippen LogP contribution in [0, 0.1) is 42.7 Å². The van der Waals surface area contributed by atoms with Crippen molar-refractivity contribution < 1.29 is 97.7 Å². The summed E-state index contributed by atoms with van der Waals surface area (Å²) >= 11 is 0. The molecule has 398 valence electrons. The summed E-state index contributed by atoms with van der Waals surface area (Å²) in [5.41, 5.74) is 0. The van der Waals surface area contributed by atoms with E-state index in [1.165, 1.54) is 25.7 Å². The molecule has 20 nitrogen and oxygen atoms in total. The molecule has 67 heavy (non-hydrogen) atoms. The Hall–Kier alpha value is -3.80. The van der Waals surface area contributed by atoms with E-state index in [-0.39, 0.29) is 79.3 Å². The summed E-state index contributed by atoms with van der Waals surface area (Å²) in [5.74, 6) is 0. The molecule has 0 heterocycles. The van der Waals surface area contributed by atoms with Crippen molar-refractivity contribution in [2.45, 2.75) is 114 Å². The normalized spacial score (nSPS) is 13.3. The summed E-state index contributed by atoms with van der Waals surface area (Å²) in [5, 5.41) is 71.6. The molecule has 0 aliphatic carbocycles. The number of unbranched alkanes of at least 4 members (excludes halogenated alkanes) is 10. The van der Waals surface area contributed by atoms with Crippen LogP contribution < -0.4 is 0 Å². The topological polar surface area (TPSA) is 273 Å². The molecular weight excluding hydrogens is 1650 g/mol. The number of aliphatic hydroxyl groups excluding tert-OH is 8. The van der Waals surface area contributed by atoms with E-state index in [4.69, 9.17) is 48.8 Å². The Morgan fingerprint density at radius 1 is 0.239 bits per heavy atom. The minimum Gasteiger partial charge on any atom is -0.553 e. The molecule has 0 bridgehead atoms. The van der Waals surface area contributed by atoms with Crippen molar-refractivity contribution in [3.8, 4) is 0 Å². The van der Waals surface area contributed by atoms with E-state index < -0.39 is 36.6 Å². The predicted octanol–water partition coefficient (Wildman–Crippen LogP) is 1.73. The molecule has 8 N–H and O–H groups in total. The van der Waals surface area contributed by atoms with Crippen LogP contribution in [0.5, 0.6) is 0 Å². The van der Waals surface area contributed by atoms with E-state index in [0.717, 1.165) is 51.4 Å². The molecule has 0 radical (unpaired) electrons. The van der Waals surface area contributed by atoms with Gasteiger partial charge in [-0.1, -0.05) is 51.4 Å². The molecule has 0 aromatic rings. The first-order valence-corrected chi connectivity index (χ1v) is 22.0. The third-order valence-corrected chi connectivity index (χ3v) is 7.85. The van der Waals surface area contributed by atoms with Gasteiger partial charge in [-0.25, -0.2) is 42.7 Å². The van der Waals surface area contributed by atoms with E-state index in [1.54, 1.807) is 0 Å². The van der Waals surface area contributed by atoms with Crippen molar-refractivity contribution in [3.05, 3.63) is 42.7 Å². The van der Waals surface area contributed by atoms with Crippen molar-refractivity contribution in [2.24, 2.45) is 0 Å². The standard InChI is InChI=1S/2C16H32O6.2C6H13O4.3Rf/c2*1-19-11-15(17)13-21-9-7-5-3-4-6-8-10-22-14-16(18)12-20-2;2*1-9-4-6(8)5-10-3-2-7;;;/h2*15-18H,1-14H2;2*6-8H,1-5H2;;;/q2*-2;2*-1;;;. The number of ether oxygens (including phenoxy) is 12. The monoisotopic (exact) mass is 1740 g/mol. The van der Waals surface area contributed by atoms with Crippen LogP contribution in [0.25, 0.3) is 0 Å². The van der Waals surface area contributed by atoms with Crippen LogP contribution in [-0.4, -0.2) is 210 Å². The smallest absolute Gasteiger partial charge is 0.0976 e. The average molecular weight is 1740 g/mol. The predicted molar refractivity (Wildman–Crippen MR) is 238 cm³/mol. The van der Waals surface area contributed by atoms with E-state index in [9.17, 15) is 20.4 Å². The Kier molecular flexibility index (Phi) is 79.5. The van der Waals surface area contributed by atoms with Gasteiger partial charge < -0.3 is 97.7 Å². The first-order valence-electron chi connectivity index (χ1n) is 22.0. The van der Waals surface area contributed by atoms with E-state index in [2.05, 4.69) is 71.1 Å². The minimum atomic E-state index is -0.649. The zero-order valence-electron chi connectivity index (χ0n) is 40.9. The van der Waals surface area contributed by atoms with Crippen LogP contribution in [0.3, 0.4) is 0 Å². The summed E-state index contributed by atoms with van der Waals surface area (Å²) in [6, 6.07) is 0. The van der Waals surface area contributed by atoms with E-state index in [1.807, 2.05) is 0 Å². The second-order valence-electron chi connectivity index (χ2n) is 14.3. The van der Waals surface area contributed by atoms with Gasteiger partial charge in [0.15, 0.2) is 0 Å². The number of hydrogen-bond donors (Lipinski definition) is 8. The van der Waals surface area contributed by atoms with Gasteiger partial charge in [0.1, 0.15) is 0 Å². The maximum atomic E-state index is 9.33. The first kappa shape index (κ1) is 77.4. The Morgan fingerprint density at radius 3 is 0.537 bits per heavy atom. The van der Waals surface area contributed by atoms with Crippen molar-refractivity contribution in [3.63, 3.8) is 0 Å². The summed E-state index contributed by atoms with van der Waals surface area (Å²) in [4.78, 5) is 0. The first-order chi connectivity index (χ1) is 31.0. The second kappa shape index (κ2) is 68.8. The fourth-order valence-electron chi connectivity index (χ4n) is 4.78. The third-order valence-electron chi connectivity index (χ3n) is 7.85. The van der Waals surface area contributed by atoms with Crippen LogP contribution in [0.2, 0.25) is 0 Å². The molecule has 0 fully saturated rings. The zero-order chi connectivity index (χ0) is 48.6. The molecule has 0 saturated carbocycles. The number of rotatable bonds is 46. The molecule has 0 rings (SSSR count). The summed E-state index contributed by atoms with van der Waals surface area (Å²) in [7, 11) is 19.0. The van der Waals surface area contributed by atoms with Crippen LogP contribution in [0.15, 0.2) is 0 Å². The van der Waals surface area contributed by atoms with Gasteiger partial charge in [-0.15, -0.1) is 0 Å². The van der Waals surface area contributed by atoms with E-state index >= 15 is 0 Å². The van der Waals surface area contributed by atoms with Crippen LogP contribution >= 0.6 is 0 Å². The Morgan fingerprint density at radius 2 is 0.388 bits per heavy atom. The van der Waals surface area contributed by atoms with Gasteiger partial charge in [0, 0.05) is 66.1 Å². The van der Waals surface area contributed by atoms with Crippen molar-refractivity contribution in [1.82, 2.24) is 0 Å². The van der Waals surface area contributed by atoms with Gasteiger partial charge >= 0.3 is 0 Å².